The van der Waals surface area contributed by atoms with E-state index in [0.717, 1.165) is 31.9 Å². The smallest absolute Gasteiger partial charge is 0.340 e. The van der Waals surface area contributed by atoms with Crippen LogP contribution in [-0.4, -0.2) is 39.4 Å². The molecule has 0 spiro atoms. The Morgan fingerprint density at radius 2 is 2.29 bits per heavy atom. The van der Waals surface area contributed by atoms with Crippen LogP contribution >= 0.6 is 0 Å². The lowest BCUT2D eigenvalue weighted by molar-refractivity contribution is 0.0215. The average molecular weight is 296 g/mol. The van der Waals surface area contributed by atoms with Crippen LogP contribution < -0.4 is 10.6 Å². The van der Waals surface area contributed by atoms with Crippen LogP contribution in [0.3, 0.4) is 0 Å². The van der Waals surface area contributed by atoms with Gasteiger partial charge in [-0.1, -0.05) is 0 Å². The number of rotatable bonds is 4. The molecule has 1 unspecified atom stereocenters. The summed E-state index contributed by atoms with van der Waals surface area (Å²) in [5.41, 5.74) is 6.23. The number of ether oxygens (including phenoxy) is 2. The number of halogens is 1. The lowest BCUT2D eigenvalue weighted by Crippen LogP contribution is -2.34. The molecule has 2 N–H and O–H groups in total. The van der Waals surface area contributed by atoms with Crippen molar-refractivity contribution >= 4 is 17.3 Å². The second-order valence-electron chi connectivity index (χ2n) is 5.25. The Balaban J connectivity index is 2.19. The number of nitrogens with zero attached hydrogens (tertiary/aromatic N) is 1. The van der Waals surface area contributed by atoms with E-state index in [1.165, 1.54) is 13.2 Å². The van der Waals surface area contributed by atoms with E-state index in [-0.39, 0.29) is 17.4 Å². The summed E-state index contributed by atoms with van der Waals surface area (Å²) in [6.45, 7) is 1.32. The summed E-state index contributed by atoms with van der Waals surface area (Å²) < 4.78 is 24.4. The zero-order chi connectivity index (χ0) is 15.4. The Morgan fingerprint density at radius 3 is 2.90 bits per heavy atom. The quantitative estimate of drug-likeness (QED) is 0.681. The van der Waals surface area contributed by atoms with Crippen LogP contribution in [0.25, 0.3) is 0 Å². The summed E-state index contributed by atoms with van der Waals surface area (Å²) in [6.07, 6.45) is 3.24. The maximum Gasteiger partial charge on any atom is 0.340 e. The predicted molar refractivity (Wildman–Crippen MR) is 79.0 cm³/mol. The van der Waals surface area contributed by atoms with Crippen LogP contribution in [0.5, 0.6) is 0 Å². The Morgan fingerprint density at radius 1 is 1.52 bits per heavy atom. The van der Waals surface area contributed by atoms with Crippen molar-refractivity contribution in [3.8, 4) is 0 Å². The third-order valence-corrected chi connectivity index (χ3v) is 3.69. The molecule has 1 aliphatic heterocycles. The standard InChI is InChI=1S/C15H21FN2O3/c1-18(9-10-5-3-4-6-21-10)14-7-11(15(19)20-2)13(17)8-12(14)16/h7-8,10H,3-6,9,17H2,1-2H3. The van der Waals surface area contributed by atoms with Crippen molar-refractivity contribution in [2.24, 2.45) is 0 Å². The average Bonchev–Trinajstić information content (AvgIpc) is 2.47. The molecule has 2 rings (SSSR count). The van der Waals surface area contributed by atoms with Crippen molar-refractivity contribution in [2.75, 3.05) is 37.9 Å². The van der Waals surface area contributed by atoms with Crippen molar-refractivity contribution in [1.82, 2.24) is 0 Å². The highest BCUT2D eigenvalue weighted by atomic mass is 19.1. The van der Waals surface area contributed by atoms with Crippen LogP contribution in [0.4, 0.5) is 15.8 Å². The summed E-state index contributed by atoms with van der Waals surface area (Å²) >= 11 is 0. The molecule has 21 heavy (non-hydrogen) atoms. The minimum Gasteiger partial charge on any atom is -0.465 e. The zero-order valence-corrected chi connectivity index (χ0v) is 12.4. The summed E-state index contributed by atoms with van der Waals surface area (Å²) in [5, 5.41) is 0. The number of hydrogen-bond acceptors (Lipinski definition) is 5. The number of nitrogen functional groups attached to an aromatic ring is 1. The number of carbonyl (C=O) groups excluding carboxylic acids is 1. The molecule has 1 aromatic rings. The Labute approximate surface area is 123 Å². The topological polar surface area (TPSA) is 64.8 Å². The predicted octanol–water partition coefficient (Wildman–Crippen LogP) is 2.20. The van der Waals surface area contributed by atoms with Gasteiger partial charge in [0.15, 0.2) is 0 Å². The number of anilines is 2. The maximum atomic E-state index is 14.1. The fraction of sp³-hybridized carbons (Fsp3) is 0.533. The number of likely N-dealkylation sites (N-methyl/N-ethyl adjacent to an activating group) is 1. The van der Waals surface area contributed by atoms with Gasteiger partial charge in [-0.05, 0) is 31.4 Å². The van der Waals surface area contributed by atoms with Crippen LogP contribution in [0.15, 0.2) is 12.1 Å². The van der Waals surface area contributed by atoms with Crippen LogP contribution in [0.1, 0.15) is 29.6 Å². The normalized spacial score (nSPS) is 18.3. The molecule has 1 heterocycles. The van der Waals surface area contributed by atoms with Crippen molar-refractivity contribution in [1.29, 1.82) is 0 Å². The second-order valence-corrected chi connectivity index (χ2v) is 5.25. The highest BCUT2D eigenvalue weighted by molar-refractivity contribution is 5.96. The molecule has 0 amide bonds. The molecule has 0 aliphatic carbocycles. The molecular weight excluding hydrogens is 275 g/mol. The van der Waals surface area contributed by atoms with Gasteiger partial charge in [0.05, 0.1) is 24.5 Å². The highest BCUT2D eigenvalue weighted by Gasteiger charge is 2.20. The van der Waals surface area contributed by atoms with Crippen molar-refractivity contribution in [3.05, 3.63) is 23.5 Å². The molecule has 0 bridgehead atoms. The molecular formula is C15H21FN2O3. The van der Waals surface area contributed by atoms with Crippen molar-refractivity contribution < 1.29 is 18.7 Å². The van der Waals surface area contributed by atoms with E-state index in [9.17, 15) is 9.18 Å². The first kappa shape index (κ1) is 15.6. The Hall–Kier alpha value is -1.82. The first-order chi connectivity index (χ1) is 10.0. The number of methoxy groups -OCH3 is 1. The third kappa shape index (κ3) is 3.64. The van der Waals surface area contributed by atoms with Gasteiger partial charge in [-0.2, -0.15) is 0 Å². The second kappa shape index (κ2) is 6.76. The van der Waals surface area contributed by atoms with E-state index in [2.05, 4.69) is 4.74 Å². The third-order valence-electron chi connectivity index (χ3n) is 3.69. The molecule has 5 nitrogen and oxygen atoms in total. The van der Waals surface area contributed by atoms with Gasteiger partial charge in [0, 0.05) is 25.9 Å². The van der Waals surface area contributed by atoms with Gasteiger partial charge in [-0.25, -0.2) is 9.18 Å². The first-order valence-corrected chi connectivity index (χ1v) is 7.03. The van der Waals surface area contributed by atoms with E-state index in [0.29, 0.717) is 12.2 Å². The number of benzene rings is 1. The van der Waals surface area contributed by atoms with Crippen molar-refractivity contribution in [3.63, 3.8) is 0 Å². The van der Waals surface area contributed by atoms with E-state index in [1.807, 2.05) is 0 Å². The van der Waals surface area contributed by atoms with Crippen molar-refractivity contribution in [2.45, 2.75) is 25.4 Å². The summed E-state index contributed by atoms with van der Waals surface area (Å²) in [6, 6.07) is 2.58. The van der Waals surface area contributed by atoms with Crippen LogP contribution in [0, 0.1) is 5.82 Å². The molecule has 116 valence electrons. The number of nitrogens with two attached hydrogens (primary N) is 1. The SMILES string of the molecule is COC(=O)c1cc(N(C)CC2CCCCO2)c(F)cc1N. The molecule has 0 radical (unpaired) electrons. The molecule has 1 aliphatic rings. The maximum absolute atomic E-state index is 14.1. The fourth-order valence-corrected chi connectivity index (χ4v) is 2.51. The van der Waals surface area contributed by atoms with Gasteiger partial charge in [0.25, 0.3) is 0 Å². The molecule has 0 aromatic heterocycles. The molecule has 1 aromatic carbocycles. The van der Waals surface area contributed by atoms with Crippen LogP contribution in [-0.2, 0) is 9.47 Å². The fourth-order valence-electron chi connectivity index (χ4n) is 2.51. The van der Waals surface area contributed by atoms with E-state index >= 15 is 0 Å². The minimum absolute atomic E-state index is 0.0745. The number of esters is 1. The van der Waals surface area contributed by atoms with Gasteiger partial charge in [0.2, 0.25) is 0 Å². The van der Waals surface area contributed by atoms with Gasteiger partial charge < -0.3 is 20.1 Å². The molecule has 6 heteroatoms. The lowest BCUT2D eigenvalue weighted by atomic mass is 10.1. The van der Waals surface area contributed by atoms with Gasteiger partial charge >= 0.3 is 5.97 Å². The number of carbonyl (C=O) groups is 1. The molecule has 1 saturated heterocycles. The Bertz CT molecular complexity index is 516. The van der Waals surface area contributed by atoms with E-state index in [4.69, 9.17) is 10.5 Å². The lowest BCUT2D eigenvalue weighted by Gasteiger charge is -2.29. The van der Waals surface area contributed by atoms with Gasteiger partial charge in [0.1, 0.15) is 5.82 Å². The first-order valence-electron chi connectivity index (χ1n) is 7.03. The van der Waals surface area contributed by atoms with Crippen LogP contribution in [0.2, 0.25) is 0 Å². The summed E-state index contributed by atoms with van der Waals surface area (Å²) in [7, 11) is 3.04. The zero-order valence-electron chi connectivity index (χ0n) is 12.4. The van der Waals surface area contributed by atoms with Gasteiger partial charge in [-0.3, -0.25) is 0 Å². The Kier molecular flexibility index (Phi) is 5.01. The highest BCUT2D eigenvalue weighted by Crippen LogP contribution is 2.26. The molecule has 1 atom stereocenters. The molecule has 0 saturated carbocycles. The summed E-state index contributed by atoms with van der Waals surface area (Å²) in [5.74, 6) is -1.03. The van der Waals surface area contributed by atoms with E-state index < -0.39 is 11.8 Å². The number of hydrogen-bond donors (Lipinski definition) is 1. The summed E-state index contributed by atoms with van der Waals surface area (Å²) in [4.78, 5) is 13.4. The minimum atomic E-state index is -0.573. The largest absolute Gasteiger partial charge is 0.465 e. The van der Waals surface area contributed by atoms with Gasteiger partial charge in [-0.15, -0.1) is 0 Å². The molecule has 1 fully saturated rings. The van der Waals surface area contributed by atoms with E-state index in [1.54, 1.807) is 11.9 Å². The monoisotopic (exact) mass is 296 g/mol.